The molecule has 1 aliphatic heterocycles. The lowest BCUT2D eigenvalue weighted by Gasteiger charge is -2.33. The van der Waals surface area contributed by atoms with Crippen LogP contribution in [0.4, 0.5) is 0 Å². The third kappa shape index (κ3) is 6.76. The first kappa shape index (κ1) is 20.9. The van der Waals surface area contributed by atoms with Crippen molar-refractivity contribution in [3.63, 3.8) is 0 Å². The lowest BCUT2D eigenvalue weighted by atomic mass is 9.93. The maximum atomic E-state index is 12.4. The van der Waals surface area contributed by atoms with Crippen LogP contribution >= 0.6 is 0 Å². The minimum Gasteiger partial charge on any atom is -0.481 e. The number of nitrogens with one attached hydrogen (secondary N) is 1. The predicted octanol–water partition coefficient (Wildman–Crippen LogP) is 1.59. The van der Waals surface area contributed by atoms with E-state index < -0.39 is 21.5 Å². The van der Waals surface area contributed by atoms with E-state index in [0.29, 0.717) is 38.8 Å². The Hall–Kier alpha value is -1.15. The van der Waals surface area contributed by atoms with Gasteiger partial charge in [-0.2, -0.15) is 0 Å². The Morgan fingerprint density at radius 1 is 1.25 bits per heavy atom. The van der Waals surface area contributed by atoms with Crippen LogP contribution in [0.15, 0.2) is 0 Å². The van der Waals surface area contributed by atoms with Crippen LogP contribution in [0, 0.1) is 5.92 Å². The van der Waals surface area contributed by atoms with Crippen molar-refractivity contribution in [2.24, 2.45) is 5.92 Å². The van der Waals surface area contributed by atoms with Crippen LogP contribution in [-0.2, 0) is 19.6 Å². The van der Waals surface area contributed by atoms with Crippen LogP contribution in [0.1, 0.15) is 59.3 Å². The molecule has 1 fully saturated rings. The average Bonchev–Trinajstić information content (AvgIpc) is 2.51. The maximum Gasteiger partial charge on any atom is 0.303 e. The lowest BCUT2D eigenvalue weighted by Crippen LogP contribution is -2.49. The Morgan fingerprint density at radius 2 is 1.83 bits per heavy atom. The molecule has 0 bridgehead atoms. The number of carbonyl (C=O) groups is 2. The number of hydrogen-bond acceptors (Lipinski definition) is 4. The molecule has 1 heterocycles. The number of aliphatic carboxylic acids is 1. The molecule has 0 aromatic carbocycles. The maximum absolute atomic E-state index is 12.4. The molecule has 1 amide bonds. The van der Waals surface area contributed by atoms with Crippen molar-refractivity contribution in [2.75, 3.05) is 18.8 Å². The van der Waals surface area contributed by atoms with Gasteiger partial charge >= 0.3 is 5.97 Å². The second-order valence-electron chi connectivity index (χ2n) is 7.11. The van der Waals surface area contributed by atoms with Gasteiger partial charge < -0.3 is 10.4 Å². The van der Waals surface area contributed by atoms with Crippen LogP contribution in [0.3, 0.4) is 0 Å². The Morgan fingerprint density at radius 3 is 2.33 bits per heavy atom. The smallest absolute Gasteiger partial charge is 0.303 e. The minimum atomic E-state index is -3.21. The molecule has 0 aromatic rings. The van der Waals surface area contributed by atoms with E-state index in [-0.39, 0.29) is 24.0 Å². The molecule has 0 saturated carbocycles. The molecule has 2 N–H and O–H groups in total. The number of amides is 1. The van der Waals surface area contributed by atoms with E-state index in [1.54, 1.807) is 13.8 Å². The fourth-order valence-corrected chi connectivity index (χ4v) is 4.45. The molecule has 0 spiro atoms. The first-order chi connectivity index (χ1) is 11.1. The summed E-state index contributed by atoms with van der Waals surface area (Å²) in [5, 5.41) is 11.7. The van der Waals surface area contributed by atoms with Gasteiger partial charge in [0.1, 0.15) is 0 Å². The molecule has 7 nitrogen and oxygen atoms in total. The van der Waals surface area contributed by atoms with Crippen molar-refractivity contribution < 1.29 is 23.1 Å². The molecular formula is C16H30N2O5S. The van der Waals surface area contributed by atoms with Gasteiger partial charge in [-0.25, -0.2) is 12.7 Å². The Kier molecular flexibility index (Phi) is 7.66. The summed E-state index contributed by atoms with van der Waals surface area (Å²) in [4.78, 5) is 23.0. The second kappa shape index (κ2) is 8.80. The number of carboxylic acid groups (broad SMARTS) is 1. The standard InChI is InChI=1S/C16H30N2O5S/c1-4-5-12-24(22,23)18-10-7-13(8-11-18)15(21)17-16(2,3)9-6-14(19)20/h13H,4-12H2,1-3H3,(H,17,21)(H,19,20). The molecule has 0 aliphatic carbocycles. The van der Waals surface area contributed by atoms with Crippen molar-refractivity contribution in [1.82, 2.24) is 9.62 Å². The second-order valence-corrected chi connectivity index (χ2v) is 9.20. The monoisotopic (exact) mass is 362 g/mol. The van der Waals surface area contributed by atoms with Crippen molar-refractivity contribution in [1.29, 1.82) is 0 Å². The normalized spacial score (nSPS) is 17.6. The summed E-state index contributed by atoms with van der Waals surface area (Å²) in [5.74, 6) is -1.05. The Labute approximate surface area is 144 Å². The molecule has 0 unspecified atom stereocenters. The molecule has 8 heteroatoms. The summed E-state index contributed by atoms with van der Waals surface area (Å²) >= 11 is 0. The summed E-state index contributed by atoms with van der Waals surface area (Å²) in [6.45, 7) is 6.31. The van der Waals surface area contributed by atoms with Crippen LogP contribution in [0.5, 0.6) is 0 Å². The number of rotatable bonds is 9. The van der Waals surface area contributed by atoms with Crippen LogP contribution in [0.2, 0.25) is 0 Å². The first-order valence-corrected chi connectivity index (χ1v) is 10.2. The molecule has 140 valence electrons. The van der Waals surface area contributed by atoms with Crippen molar-refractivity contribution in [3.05, 3.63) is 0 Å². The first-order valence-electron chi connectivity index (χ1n) is 8.59. The molecule has 24 heavy (non-hydrogen) atoms. The van der Waals surface area contributed by atoms with E-state index in [2.05, 4.69) is 5.32 Å². The highest BCUT2D eigenvalue weighted by molar-refractivity contribution is 7.89. The van der Waals surface area contributed by atoms with Gasteiger partial charge in [0.25, 0.3) is 0 Å². The summed E-state index contributed by atoms with van der Waals surface area (Å²) in [5.41, 5.74) is -0.584. The van der Waals surface area contributed by atoms with Crippen molar-refractivity contribution in [2.45, 2.75) is 64.8 Å². The quantitative estimate of drug-likeness (QED) is 0.648. The van der Waals surface area contributed by atoms with Crippen molar-refractivity contribution in [3.8, 4) is 0 Å². The fourth-order valence-electron chi connectivity index (χ4n) is 2.77. The predicted molar refractivity (Wildman–Crippen MR) is 92.1 cm³/mol. The zero-order chi connectivity index (χ0) is 18.4. The number of sulfonamides is 1. The highest BCUT2D eigenvalue weighted by Crippen LogP contribution is 2.22. The molecule has 1 aliphatic rings. The number of unbranched alkanes of at least 4 members (excludes halogenated alkanes) is 1. The highest BCUT2D eigenvalue weighted by Gasteiger charge is 2.32. The van der Waals surface area contributed by atoms with Gasteiger partial charge in [-0.15, -0.1) is 0 Å². The van der Waals surface area contributed by atoms with Crippen LogP contribution < -0.4 is 5.32 Å². The van der Waals surface area contributed by atoms with Gasteiger partial charge in [0.2, 0.25) is 15.9 Å². The molecule has 1 saturated heterocycles. The zero-order valence-corrected chi connectivity index (χ0v) is 15.7. The molecule has 0 aromatic heterocycles. The summed E-state index contributed by atoms with van der Waals surface area (Å²) in [7, 11) is -3.21. The molecule has 1 rings (SSSR count). The van der Waals surface area contributed by atoms with Gasteiger partial charge in [-0.05, 0) is 39.5 Å². The largest absolute Gasteiger partial charge is 0.481 e. The number of carboxylic acids is 1. The number of carbonyl (C=O) groups excluding carboxylic acids is 1. The van der Waals surface area contributed by atoms with E-state index in [9.17, 15) is 18.0 Å². The SMILES string of the molecule is CCCCS(=O)(=O)N1CCC(C(=O)NC(C)(C)CCC(=O)O)CC1. The summed E-state index contributed by atoms with van der Waals surface area (Å²) in [6.07, 6.45) is 2.86. The van der Waals surface area contributed by atoms with Crippen molar-refractivity contribution >= 4 is 21.9 Å². The lowest BCUT2D eigenvalue weighted by molar-refractivity contribution is -0.138. The topological polar surface area (TPSA) is 104 Å². The van der Waals surface area contributed by atoms with Gasteiger partial charge in [0.15, 0.2) is 0 Å². The number of nitrogens with zero attached hydrogens (tertiary/aromatic N) is 1. The van der Waals surface area contributed by atoms with E-state index in [1.807, 2.05) is 6.92 Å². The summed E-state index contributed by atoms with van der Waals surface area (Å²) < 4.78 is 25.8. The zero-order valence-electron chi connectivity index (χ0n) is 14.9. The van der Waals surface area contributed by atoms with Gasteiger partial charge in [0.05, 0.1) is 5.75 Å². The van der Waals surface area contributed by atoms with Crippen LogP contribution in [-0.4, -0.2) is 54.1 Å². The molecule has 0 atom stereocenters. The highest BCUT2D eigenvalue weighted by atomic mass is 32.2. The number of hydrogen-bond donors (Lipinski definition) is 2. The van der Waals surface area contributed by atoms with Gasteiger partial charge in [-0.3, -0.25) is 9.59 Å². The average molecular weight is 362 g/mol. The Balaban J connectivity index is 2.49. The third-order valence-electron chi connectivity index (χ3n) is 4.40. The Bertz CT molecular complexity index is 537. The van der Waals surface area contributed by atoms with Gasteiger partial charge in [0, 0.05) is 31.0 Å². The summed E-state index contributed by atoms with van der Waals surface area (Å²) in [6, 6.07) is 0. The fraction of sp³-hybridized carbons (Fsp3) is 0.875. The van der Waals surface area contributed by atoms with Gasteiger partial charge in [-0.1, -0.05) is 13.3 Å². The van der Waals surface area contributed by atoms with E-state index in [1.165, 1.54) is 4.31 Å². The van der Waals surface area contributed by atoms with Crippen LogP contribution in [0.25, 0.3) is 0 Å². The molecular weight excluding hydrogens is 332 g/mol. The minimum absolute atomic E-state index is 0.00139. The van der Waals surface area contributed by atoms with E-state index in [4.69, 9.17) is 5.11 Å². The van der Waals surface area contributed by atoms with E-state index >= 15 is 0 Å². The third-order valence-corrected chi connectivity index (χ3v) is 6.36. The molecule has 0 radical (unpaired) electrons. The number of piperidine rings is 1. The van der Waals surface area contributed by atoms with E-state index in [0.717, 1.165) is 6.42 Å².